The normalized spacial score (nSPS) is 11.1. The molecule has 4 nitrogen and oxygen atoms in total. The SMILES string of the molecule is O=C(NCC(O)c1ccc(F)cc1)Nc1cccc(C#Cc2ccccc2)c1. The first kappa shape index (κ1) is 19.2. The molecule has 3 N–H and O–H groups in total. The molecule has 1 unspecified atom stereocenters. The lowest BCUT2D eigenvalue weighted by atomic mass is 10.1. The van der Waals surface area contributed by atoms with Gasteiger partial charge in [0.15, 0.2) is 0 Å². The molecular formula is C23H19FN2O2. The van der Waals surface area contributed by atoms with E-state index in [0.717, 1.165) is 11.1 Å². The van der Waals surface area contributed by atoms with E-state index in [1.165, 1.54) is 24.3 Å². The molecule has 3 aromatic carbocycles. The third kappa shape index (κ3) is 5.70. The highest BCUT2D eigenvalue weighted by molar-refractivity contribution is 5.89. The molecule has 3 rings (SSSR count). The number of carbonyl (C=O) groups excluding carboxylic acids is 1. The summed E-state index contributed by atoms with van der Waals surface area (Å²) in [5, 5.41) is 15.4. The molecule has 0 spiro atoms. The van der Waals surface area contributed by atoms with E-state index in [-0.39, 0.29) is 12.4 Å². The van der Waals surface area contributed by atoms with Crippen LogP contribution >= 0.6 is 0 Å². The van der Waals surface area contributed by atoms with Crippen molar-refractivity contribution in [3.05, 3.63) is 101 Å². The molecule has 0 aromatic heterocycles. The van der Waals surface area contributed by atoms with Crippen LogP contribution in [0.2, 0.25) is 0 Å². The summed E-state index contributed by atoms with van der Waals surface area (Å²) in [4.78, 5) is 12.1. The van der Waals surface area contributed by atoms with Crippen LogP contribution in [-0.4, -0.2) is 17.7 Å². The maximum absolute atomic E-state index is 12.9. The first-order valence-corrected chi connectivity index (χ1v) is 8.76. The number of urea groups is 1. The number of rotatable bonds is 4. The fourth-order valence-corrected chi connectivity index (χ4v) is 2.51. The highest BCUT2D eigenvalue weighted by atomic mass is 19.1. The highest BCUT2D eigenvalue weighted by Gasteiger charge is 2.09. The van der Waals surface area contributed by atoms with E-state index < -0.39 is 12.1 Å². The van der Waals surface area contributed by atoms with E-state index >= 15 is 0 Å². The van der Waals surface area contributed by atoms with E-state index in [1.54, 1.807) is 18.2 Å². The average Bonchev–Trinajstić information content (AvgIpc) is 2.72. The van der Waals surface area contributed by atoms with Crippen molar-refractivity contribution >= 4 is 11.7 Å². The van der Waals surface area contributed by atoms with Crippen molar-refractivity contribution in [3.63, 3.8) is 0 Å². The molecule has 28 heavy (non-hydrogen) atoms. The van der Waals surface area contributed by atoms with Gasteiger partial charge in [-0.1, -0.05) is 48.2 Å². The van der Waals surface area contributed by atoms with Gasteiger partial charge in [0.05, 0.1) is 6.10 Å². The zero-order valence-electron chi connectivity index (χ0n) is 15.0. The third-order valence-corrected chi connectivity index (χ3v) is 3.96. The van der Waals surface area contributed by atoms with Gasteiger partial charge >= 0.3 is 6.03 Å². The monoisotopic (exact) mass is 374 g/mol. The van der Waals surface area contributed by atoms with Crippen molar-refractivity contribution in [2.45, 2.75) is 6.10 Å². The van der Waals surface area contributed by atoms with E-state index in [1.807, 2.05) is 36.4 Å². The lowest BCUT2D eigenvalue weighted by Gasteiger charge is -2.13. The number of amides is 2. The summed E-state index contributed by atoms with van der Waals surface area (Å²) in [5.41, 5.74) is 2.80. The van der Waals surface area contributed by atoms with Crippen LogP contribution in [0, 0.1) is 17.7 Å². The molecule has 0 radical (unpaired) electrons. The lowest BCUT2D eigenvalue weighted by molar-refractivity contribution is 0.175. The van der Waals surface area contributed by atoms with Crippen LogP contribution < -0.4 is 10.6 Å². The summed E-state index contributed by atoms with van der Waals surface area (Å²) >= 11 is 0. The van der Waals surface area contributed by atoms with Crippen molar-refractivity contribution in [3.8, 4) is 11.8 Å². The molecule has 2 amide bonds. The van der Waals surface area contributed by atoms with Gasteiger partial charge in [-0.15, -0.1) is 0 Å². The van der Waals surface area contributed by atoms with Gasteiger partial charge in [-0.2, -0.15) is 0 Å². The Labute approximate surface area is 163 Å². The maximum atomic E-state index is 12.9. The topological polar surface area (TPSA) is 61.4 Å². The van der Waals surface area contributed by atoms with E-state index in [9.17, 15) is 14.3 Å². The Bertz CT molecular complexity index is 992. The van der Waals surface area contributed by atoms with Crippen molar-refractivity contribution < 1.29 is 14.3 Å². The number of aliphatic hydroxyl groups is 1. The van der Waals surface area contributed by atoms with E-state index in [4.69, 9.17) is 0 Å². The molecule has 0 aliphatic heterocycles. The first-order chi connectivity index (χ1) is 13.6. The molecule has 0 saturated carbocycles. The predicted molar refractivity (Wildman–Crippen MR) is 107 cm³/mol. The van der Waals surface area contributed by atoms with Crippen LogP contribution in [0.1, 0.15) is 22.8 Å². The summed E-state index contributed by atoms with van der Waals surface area (Å²) in [6, 6.07) is 21.9. The van der Waals surface area contributed by atoms with Crippen molar-refractivity contribution in [1.29, 1.82) is 0 Å². The van der Waals surface area contributed by atoms with Crippen LogP contribution in [0.15, 0.2) is 78.9 Å². The van der Waals surface area contributed by atoms with E-state index in [2.05, 4.69) is 22.5 Å². The third-order valence-electron chi connectivity index (χ3n) is 3.96. The second-order valence-electron chi connectivity index (χ2n) is 6.10. The molecule has 3 aromatic rings. The van der Waals surface area contributed by atoms with Crippen LogP contribution in [0.3, 0.4) is 0 Å². The fourth-order valence-electron chi connectivity index (χ4n) is 2.51. The van der Waals surface area contributed by atoms with Crippen LogP contribution in [0.25, 0.3) is 0 Å². The Hall–Kier alpha value is -3.62. The van der Waals surface area contributed by atoms with Crippen molar-refractivity contribution in [2.75, 3.05) is 11.9 Å². The minimum atomic E-state index is -0.922. The van der Waals surface area contributed by atoms with Gasteiger partial charge in [-0.25, -0.2) is 9.18 Å². The summed E-state index contributed by atoms with van der Waals surface area (Å²) in [5.74, 6) is 5.75. The van der Waals surface area contributed by atoms with Crippen LogP contribution in [0.5, 0.6) is 0 Å². The van der Waals surface area contributed by atoms with Crippen molar-refractivity contribution in [1.82, 2.24) is 5.32 Å². The molecule has 0 aliphatic carbocycles. The minimum absolute atomic E-state index is 0.00493. The zero-order valence-corrected chi connectivity index (χ0v) is 15.0. The Balaban J connectivity index is 1.55. The predicted octanol–water partition coefficient (Wildman–Crippen LogP) is 4.08. The number of hydrogen-bond acceptors (Lipinski definition) is 2. The number of hydrogen-bond donors (Lipinski definition) is 3. The molecule has 0 heterocycles. The van der Waals surface area contributed by atoms with E-state index in [0.29, 0.717) is 11.3 Å². The van der Waals surface area contributed by atoms with Crippen LogP contribution in [-0.2, 0) is 0 Å². The maximum Gasteiger partial charge on any atom is 0.319 e. The number of benzene rings is 3. The lowest BCUT2D eigenvalue weighted by Crippen LogP contribution is -2.32. The molecule has 0 bridgehead atoms. The van der Waals surface area contributed by atoms with Gasteiger partial charge in [-0.3, -0.25) is 0 Å². The zero-order chi connectivity index (χ0) is 19.8. The van der Waals surface area contributed by atoms with Gasteiger partial charge < -0.3 is 15.7 Å². The number of nitrogens with one attached hydrogen (secondary N) is 2. The summed E-state index contributed by atoms with van der Waals surface area (Å²) in [6.07, 6.45) is -0.922. The second kappa shape index (κ2) is 9.36. The molecule has 140 valence electrons. The Morgan fingerprint density at radius 3 is 2.36 bits per heavy atom. The number of carbonyl (C=O) groups is 1. The molecule has 0 saturated heterocycles. The molecule has 1 atom stereocenters. The fraction of sp³-hybridized carbons (Fsp3) is 0.0870. The molecule has 0 aliphatic rings. The van der Waals surface area contributed by atoms with Crippen molar-refractivity contribution in [2.24, 2.45) is 0 Å². The Morgan fingerprint density at radius 1 is 0.929 bits per heavy atom. The smallest absolute Gasteiger partial charge is 0.319 e. The van der Waals surface area contributed by atoms with Crippen LogP contribution in [0.4, 0.5) is 14.9 Å². The molecule has 0 fully saturated rings. The Morgan fingerprint density at radius 2 is 1.61 bits per heavy atom. The minimum Gasteiger partial charge on any atom is -0.387 e. The highest BCUT2D eigenvalue weighted by Crippen LogP contribution is 2.13. The standard InChI is InChI=1S/C23H19FN2O2/c24-20-13-11-19(12-14-20)22(27)16-25-23(28)26-21-8-4-7-18(15-21)10-9-17-5-2-1-3-6-17/h1-8,11-15,22,27H,16H2,(H2,25,26,28). The first-order valence-electron chi connectivity index (χ1n) is 8.76. The van der Waals surface area contributed by atoms with Gasteiger partial charge in [-0.05, 0) is 48.0 Å². The molecular weight excluding hydrogens is 355 g/mol. The Kier molecular flexibility index (Phi) is 6.40. The second-order valence-corrected chi connectivity index (χ2v) is 6.10. The van der Waals surface area contributed by atoms with Gasteiger partial charge in [0.2, 0.25) is 0 Å². The summed E-state index contributed by atoms with van der Waals surface area (Å²) < 4.78 is 12.9. The van der Waals surface area contributed by atoms with Gasteiger partial charge in [0, 0.05) is 23.4 Å². The number of halogens is 1. The number of anilines is 1. The van der Waals surface area contributed by atoms with Gasteiger partial charge in [0.1, 0.15) is 5.82 Å². The largest absolute Gasteiger partial charge is 0.387 e. The molecule has 5 heteroatoms. The average molecular weight is 374 g/mol. The summed E-state index contributed by atoms with van der Waals surface area (Å²) in [7, 11) is 0. The van der Waals surface area contributed by atoms with Gasteiger partial charge in [0.25, 0.3) is 0 Å². The quantitative estimate of drug-likeness (QED) is 0.603. The number of aliphatic hydroxyl groups excluding tert-OH is 1. The summed E-state index contributed by atoms with van der Waals surface area (Å²) in [6.45, 7) is 0.00493.